The molecule has 0 bridgehead atoms. The third-order valence-electron chi connectivity index (χ3n) is 5.23. The molecule has 2 aliphatic heterocycles. The second kappa shape index (κ2) is 5.97. The lowest BCUT2D eigenvalue weighted by Gasteiger charge is -2.32. The van der Waals surface area contributed by atoms with Gasteiger partial charge in [0.05, 0.1) is 17.3 Å². The number of amides is 1. The Labute approximate surface area is 148 Å². The number of nitrogens with zero attached hydrogens (tertiary/aromatic N) is 6. The lowest BCUT2D eigenvalue weighted by Crippen LogP contribution is -2.39. The number of aromatic nitrogens is 5. The Kier molecular flexibility index (Phi) is 3.89. The van der Waals surface area contributed by atoms with Crippen LogP contribution in [0.4, 0.5) is 0 Å². The van der Waals surface area contributed by atoms with Crippen LogP contribution in [0.5, 0.6) is 0 Å². The molecule has 4 heterocycles. The number of hydrogen-bond donors (Lipinski definition) is 0. The molecule has 2 aliphatic rings. The van der Waals surface area contributed by atoms with Crippen molar-refractivity contribution in [3.8, 4) is 0 Å². The van der Waals surface area contributed by atoms with Gasteiger partial charge < -0.3 is 9.47 Å². The van der Waals surface area contributed by atoms with E-state index in [1.165, 1.54) is 0 Å². The van der Waals surface area contributed by atoms with Crippen molar-refractivity contribution in [3.05, 3.63) is 29.6 Å². The van der Waals surface area contributed by atoms with E-state index in [0.29, 0.717) is 5.56 Å². The fraction of sp³-hybridized carbons (Fsp3) is 0.667. The highest BCUT2D eigenvalue weighted by Gasteiger charge is 2.31. The molecular formula is C18H26N6O. The molecule has 25 heavy (non-hydrogen) atoms. The lowest BCUT2D eigenvalue weighted by molar-refractivity contribution is 0.0703. The number of piperidine rings is 1. The number of carbonyl (C=O) groups excluding carboxylic acids is 1. The van der Waals surface area contributed by atoms with E-state index in [-0.39, 0.29) is 17.4 Å². The zero-order chi connectivity index (χ0) is 17.6. The van der Waals surface area contributed by atoms with Gasteiger partial charge in [0, 0.05) is 38.2 Å². The van der Waals surface area contributed by atoms with Gasteiger partial charge in [-0.15, -0.1) is 10.2 Å². The molecule has 1 fully saturated rings. The Balaban J connectivity index is 1.51. The molecule has 1 atom stereocenters. The van der Waals surface area contributed by atoms with E-state index < -0.39 is 0 Å². The zero-order valence-electron chi connectivity index (χ0n) is 15.3. The Morgan fingerprint density at radius 1 is 1.20 bits per heavy atom. The van der Waals surface area contributed by atoms with E-state index in [1.54, 1.807) is 6.20 Å². The molecule has 0 saturated carbocycles. The summed E-state index contributed by atoms with van der Waals surface area (Å²) in [6, 6.07) is 0. The number of rotatable bonds is 2. The molecule has 0 aromatic carbocycles. The summed E-state index contributed by atoms with van der Waals surface area (Å²) < 4.78 is 4.11. The fourth-order valence-electron chi connectivity index (χ4n) is 3.83. The second-order valence-electron chi connectivity index (χ2n) is 8.16. The van der Waals surface area contributed by atoms with Crippen molar-refractivity contribution in [2.75, 3.05) is 13.1 Å². The molecule has 7 heteroatoms. The van der Waals surface area contributed by atoms with Crippen LogP contribution in [-0.4, -0.2) is 48.4 Å². The van der Waals surface area contributed by atoms with E-state index >= 15 is 0 Å². The van der Waals surface area contributed by atoms with Crippen molar-refractivity contribution < 1.29 is 4.79 Å². The molecule has 0 aliphatic carbocycles. The molecule has 0 spiro atoms. The lowest BCUT2D eigenvalue weighted by atomic mass is 9.96. The van der Waals surface area contributed by atoms with Crippen molar-refractivity contribution in [1.29, 1.82) is 0 Å². The molecule has 1 saturated heterocycles. The maximum absolute atomic E-state index is 12.9. The van der Waals surface area contributed by atoms with Gasteiger partial charge in [0.25, 0.3) is 5.91 Å². The number of fused-ring (bicyclic) bond motifs is 1. The van der Waals surface area contributed by atoms with Gasteiger partial charge in [-0.05, 0) is 40.0 Å². The molecule has 2 aromatic rings. The third kappa shape index (κ3) is 2.96. The molecule has 7 nitrogen and oxygen atoms in total. The van der Waals surface area contributed by atoms with Gasteiger partial charge in [-0.2, -0.15) is 5.10 Å². The van der Waals surface area contributed by atoms with E-state index in [9.17, 15) is 4.79 Å². The van der Waals surface area contributed by atoms with Gasteiger partial charge in [-0.3, -0.25) is 9.48 Å². The quantitative estimate of drug-likeness (QED) is 0.839. The topological polar surface area (TPSA) is 68.8 Å². The highest BCUT2D eigenvalue weighted by Crippen LogP contribution is 2.29. The molecule has 134 valence electrons. The largest absolute Gasteiger partial charge is 0.338 e. The first-order valence-corrected chi connectivity index (χ1v) is 9.20. The van der Waals surface area contributed by atoms with Gasteiger partial charge in [0.2, 0.25) is 0 Å². The predicted molar refractivity (Wildman–Crippen MR) is 93.4 cm³/mol. The van der Waals surface area contributed by atoms with Crippen LogP contribution in [0.2, 0.25) is 0 Å². The summed E-state index contributed by atoms with van der Waals surface area (Å²) in [7, 11) is 0. The Bertz CT molecular complexity index is 784. The average molecular weight is 342 g/mol. The minimum atomic E-state index is -0.120. The highest BCUT2D eigenvalue weighted by atomic mass is 16.2. The summed E-state index contributed by atoms with van der Waals surface area (Å²) >= 11 is 0. The minimum absolute atomic E-state index is 0.0707. The third-order valence-corrected chi connectivity index (χ3v) is 5.23. The van der Waals surface area contributed by atoms with Gasteiger partial charge in [-0.25, -0.2) is 0 Å². The van der Waals surface area contributed by atoms with E-state index in [0.717, 1.165) is 57.0 Å². The summed E-state index contributed by atoms with van der Waals surface area (Å²) in [6.07, 6.45) is 7.80. The van der Waals surface area contributed by atoms with Crippen molar-refractivity contribution >= 4 is 5.91 Å². The maximum atomic E-state index is 12.9. The Morgan fingerprint density at radius 3 is 2.80 bits per heavy atom. The molecule has 0 radical (unpaired) electrons. The average Bonchev–Trinajstić information content (AvgIpc) is 3.29. The van der Waals surface area contributed by atoms with Gasteiger partial charge >= 0.3 is 0 Å². The fourth-order valence-corrected chi connectivity index (χ4v) is 3.83. The highest BCUT2D eigenvalue weighted by molar-refractivity contribution is 5.93. The first kappa shape index (κ1) is 16.3. The van der Waals surface area contributed by atoms with E-state index in [1.807, 2.05) is 15.8 Å². The zero-order valence-corrected chi connectivity index (χ0v) is 15.3. The van der Waals surface area contributed by atoms with Crippen molar-refractivity contribution in [2.24, 2.45) is 0 Å². The molecule has 4 rings (SSSR count). The summed E-state index contributed by atoms with van der Waals surface area (Å²) in [6.45, 7) is 8.78. The smallest absolute Gasteiger partial charge is 0.257 e. The van der Waals surface area contributed by atoms with Crippen LogP contribution >= 0.6 is 0 Å². The van der Waals surface area contributed by atoms with Gasteiger partial charge in [0.15, 0.2) is 0 Å². The van der Waals surface area contributed by atoms with E-state index in [4.69, 9.17) is 0 Å². The van der Waals surface area contributed by atoms with Crippen LogP contribution in [0, 0.1) is 0 Å². The normalized spacial score (nSPS) is 20.8. The molecule has 1 amide bonds. The molecular weight excluding hydrogens is 316 g/mol. The molecule has 0 N–H and O–H groups in total. The van der Waals surface area contributed by atoms with Crippen LogP contribution in [0.25, 0.3) is 0 Å². The van der Waals surface area contributed by atoms with Crippen LogP contribution < -0.4 is 0 Å². The first-order chi connectivity index (χ1) is 11.9. The monoisotopic (exact) mass is 342 g/mol. The van der Waals surface area contributed by atoms with Gasteiger partial charge in [-0.1, -0.05) is 0 Å². The summed E-state index contributed by atoms with van der Waals surface area (Å²) in [5, 5.41) is 13.1. The predicted octanol–water partition coefficient (Wildman–Crippen LogP) is 2.20. The molecule has 1 unspecified atom stereocenters. The summed E-state index contributed by atoms with van der Waals surface area (Å²) in [5.74, 6) is 2.52. The second-order valence-corrected chi connectivity index (χ2v) is 8.16. The number of aryl methyl sites for hydroxylation is 1. The Hall–Kier alpha value is -2.18. The van der Waals surface area contributed by atoms with Crippen LogP contribution in [-0.2, 0) is 18.5 Å². The number of likely N-dealkylation sites (tertiary alicyclic amines) is 1. The summed E-state index contributed by atoms with van der Waals surface area (Å²) in [4.78, 5) is 14.9. The van der Waals surface area contributed by atoms with E-state index in [2.05, 4.69) is 40.6 Å². The summed E-state index contributed by atoms with van der Waals surface area (Å²) in [5.41, 5.74) is 0.549. The van der Waals surface area contributed by atoms with Crippen LogP contribution in [0.3, 0.4) is 0 Å². The van der Waals surface area contributed by atoms with Crippen molar-refractivity contribution in [2.45, 2.75) is 64.5 Å². The number of hydrogen-bond acceptors (Lipinski definition) is 4. The van der Waals surface area contributed by atoms with Gasteiger partial charge in [0.1, 0.15) is 11.6 Å². The van der Waals surface area contributed by atoms with Crippen molar-refractivity contribution in [1.82, 2.24) is 29.4 Å². The van der Waals surface area contributed by atoms with Crippen LogP contribution in [0.15, 0.2) is 12.4 Å². The van der Waals surface area contributed by atoms with Crippen LogP contribution in [0.1, 0.15) is 68.0 Å². The minimum Gasteiger partial charge on any atom is -0.338 e. The standard InChI is InChI=1S/C18H26N6O/c1-18(2,3)24-12-14(10-19-24)17(25)22-8-4-6-13(11-22)16-21-20-15-7-5-9-23(15)16/h10,12-13H,4-9,11H2,1-3H3. The molecule has 2 aromatic heterocycles. The SMILES string of the molecule is CC(C)(C)n1cc(C(=O)N2CCCC(c3nnc4n3CCC4)C2)cn1. The first-order valence-electron chi connectivity index (χ1n) is 9.20. The maximum Gasteiger partial charge on any atom is 0.257 e. The van der Waals surface area contributed by atoms with Crippen molar-refractivity contribution in [3.63, 3.8) is 0 Å². The Morgan fingerprint density at radius 2 is 2.04 bits per heavy atom. The number of carbonyl (C=O) groups is 1.